The molecule has 0 bridgehead atoms. The van der Waals surface area contributed by atoms with Crippen LogP contribution in [0.2, 0.25) is 0 Å². The van der Waals surface area contributed by atoms with Gasteiger partial charge in [-0.1, -0.05) is 31.5 Å². The van der Waals surface area contributed by atoms with Gasteiger partial charge in [-0.25, -0.2) is 4.39 Å². The SMILES string of the molecule is Cc1ccc(F)c(C2CCNCC2C(C)C)c1. The summed E-state index contributed by atoms with van der Waals surface area (Å²) < 4.78 is 14.0. The zero-order chi connectivity index (χ0) is 12.4. The van der Waals surface area contributed by atoms with E-state index in [4.69, 9.17) is 0 Å². The molecule has 1 aliphatic rings. The van der Waals surface area contributed by atoms with Crippen molar-refractivity contribution in [1.29, 1.82) is 0 Å². The maximum absolute atomic E-state index is 14.0. The lowest BCUT2D eigenvalue weighted by atomic mass is 9.75. The van der Waals surface area contributed by atoms with Crippen LogP contribution in [0.1, 0.15) is 37.3 Å². The molecule has 2 atom stereocenters. The van der Waals surface area contributed by atoms with Gasteiger partial charge in [0, 0.05) is 0 Å². The van der Waals surface area contributed by atoms with Gasteiger partial charge < -0.3 is 5.32 Å². The van der Waals surface area contributed by atoms with E-state index in [1.54, 1.807) is 6.07 Å². The minimum atomic E-state index is -0.0341. The van der Waals surface area contributed by atoms with E-state index in [9.17, 15) is 4.39 Å². The zero-order valence-corrected chi connectivity index (χ0v) is 11.0. The van der Waals surface area contributed by atoms with Gasteiger partial charge in [-0.05, 0) is 55.8 Å². The fourth-order valence-corrected chi connectivity index (χ4v) is 2.92. The van der Waals surface area contributed by atoms with Crippen molar-refractivity contribution in [2.24, 2.45) is 11.8 Å². The van der Waals surface area contributed by atoms with E-state index < -0.39 is 0 Å². The van der Waals surface area contributed by atoms with Gasteiger partial charge >= 0.3 is 0 Å². The van der Waals surface area contributed by atoms with Crippen LogP contribution in [0, 0.1) is 24.6 Å². The summed E-state index contributed by atoms with van der Waals surface area (Å²) in [6.07, 6.45) is 1.04. The number of nitrogens with one attached hydrogen (secondary N) is 1. The Labute approximate surface area is 103 Å². The molecule has 2 heteroatoms. The second-order valence-corrected chi connectivity index (χ2v) is 5.53. The average molecular weight is 235 g/mol. The number of benzene rings is 1. The molecular weight excluding hydrogens is 213 g/mol. The zero-order valence-electron chi connectivity index (χ0n) is 11.0. The Hall–Kier alpha value is -0.890. The lowest BCUT2D eigenvalue weighted by Gasteiger charge is -2.35. The molecule has 1 N–H and O–H groups in total. The van der Waals surface area contributed by atoms with Crippen molar-refractivity contribution in [3.05, 3.63) is 35.1 Å². The first-order valence-electron chi connectivity index (χ1n) is 6.56. The van der Waals surface area contributed by atoms with Gasteiger partial charge in [0.1, 0.15) is 5.82 Å². The fraction of sp³-hybridized carbons (Fsp3) is 0.600. The Morgan fingerprint density at radius 2 is 2.12 bits per heavy atom. The Morgan fingerprint density at radius 1 is 1.35 bits per heavy atom. The predicted molar refractivity (Wildman–Crippen MR) is 69.7 cm³/mol. The van der Waals surface area contributed by atoms with Crippen molar-refractivity contribution < 1.29 is 4.39 Å². The summed E-state index contributed by atoms with van der Waals surface area (Å²) in [7, 11) is 0. The summed E-state index contributed by atoms with van der Waals surface area (Å²) >= 11 is 0. The van der Waals surface area contributed by atoms with Gasteiger partial charge in [-0.2, -0.15) is 0 Å². The maximum Gasteiger partial charge on any atom is 0.126 e. The van der Waals surface area contributed by atoms with E-state index in [1.165, 1.54) is 0 Å². The molecular formula is C15H22FN. The van der Waals surface area contributed by atoms with Crippen LogP contribution in [0.4, 0.5) is 4.39 Å². The second kappa shape index (κ2) is 5.18. The van der Waals surface area contributed by atoms with E-state index in [1.807, 2.05) is 19.1 Å². The van der Waals surface area contributed by atoms with Crippen LogP contribution in [-0.2, 0) is 0 Å². The molecule has 0 spiro atoms. The lowest BCUT2D eigenvalue weighted by molar-refractivity contribution is 0.251. The van der Waals surface area contributed by atoms with E-state index in [-0.39, 0.29) is 5.82 Å². The summed E-state index contributed by atoms with van der Waals surface area (Å²) in [5.74, 6) is 1.47. The molecule has 2 unspecified atom stereocenters. The molecule has 1 nitrogen and oxygen atoms in total. The predicted octanol–water partition coefficient (Wildman–Crippen LogP) is 3.48. The molecule has 1 aromatic rings. The van der Waals surface area contributed by atoms with E-state index in [0.717, 1.165) is 30.6 Å². The molecule has 0 saturated carbocycles. The minimum Gasteiger partial charge on any atom is -0.316 e. The molecule has 1 heterocycles. The van der Waals surface area contributed by atoms with Crippen molar-refractivity contribution in [3.63, 3.8) is 0 Å². The number of hydrogen-bond acceptors (Lipinski definition) is 1. The van der Waals surface area contributed by atoms with Crippen molar-refractivity contribution >= 4 is 0 Å². The lowest BCUT2D eigenvalue weighted by Crippen LogP contribution is -2.38. The van der Waals surface area contributed by atoms with Crippen LogP contribution >= 0.6 is 0 Å². The highest BCUT2D eigenvalue weighted by atomic mass is 19.1. The molecule has 0 aromatic heterocycles. The van der Waals surface area contributed by atoms with Crippen molar-refractivity contribution in [3.8, 4) is 0 Å². The van der Waals surface area contributed by atoms with Crippen LogP contribution in [0.3, 0.4) is 0 Å². The average Bonchev–Trinajstić information content (AvgIpc) is 2.32. The van der Waals surface area contributed by atoms with Crippen LogP contribution in [0.5, 0.6) is 0 Å². The third kappa shape index (κ3) is 2.68. The Balaban J connectivity index is 2.32. The normalized spacial score (nSPS) is 25.2. The number of piperidine rings is 1. The molecule has 17 heavy (non-hydrogen) atoms. The van der Waals surface area contributed by atoms with Gasteiger partial charge in [0.05, 0.1) is 0 Å². The first-order valence-corrected chi connectivity index (χ1v) is 6.56. The molecule has 1 aliphatic heterocycles. The molecule has 94 valence electrons. The monoisotopic (exact) mass is 235 g/mol. The van der Waals surface area contributed by atoms with E-state index >= 15 is 0 Å². The summed E-state index contributed by atoms with van der Waals surface area (Å²) in [6, 6.07) is 5.50. The third-order valence-corrected chi connectivity index (χ3v) is 3.94. The minimum absolute atomic E-state index is 0.0341. The Morgan fingerprint density at radius 3 is 2.82 bits per heavy atom. The van der Waals surface area contributed by atoms with Crippen LogP contribution in [0.25, 0.3) is 0 Å². The summed E-state index contributed by atoms with van der Waals surface area (Å²) in [6.45, 7) is 8.52. The van der Waals surface area contributed by atoms with Gasteiger partial charge in [0.25, 0.3) is 0 Å². The van der Waals surface area contributed by atoms with E-state index in [2.05, 4.69) is 19.2 Å². The molecule has 1 saturated heterocycles. The third-order valence-electron chi connectivity index (χ3n) is 3.94. The van der Waals surface area contributed by atoms with Crippen LogP contribution < -0.4 is 5.32 Å². The standard InChI is InChI=1S/C15H22FN/c1-10(2)14-9-17-7-6-12(14)13-8-11(3)4-5-15(13)16/h4-5,8,10,12,14,17H,6-7,9H2,1-3H3. The molecule has 1 fully saturated rings. The molecule has 1 aromatic carbocycles. The smallest absolute Gasteiger partial charge is 0.126 e. The Kier molecular flexibility index (Phi) is 3.82. The largest absolute Gasteiger partial charge is 0.316 e. The van der Waals surface area contributed by atoms with Crippen LogP contribution in [-0.4, -0.2) is 13.1 Å². The Bertz CT molecular complexity index is 387. The number of hydrogen-bond donors (Lipinski definition) is 1. The highest BCUT2D eigenvalue weighted by Crippen LogP contribution is 2.36. The molecule has 0 aliphatic carbocycles. The van der Waals surface area contributed by atoms with Crippen molar-refractivity contribution in [2.45, 2.75) is 33.1 Å². The van der Waals surface area contributed by atoms with Crippen molar-refractivity contribution in [2.75, 3.05) is 13.1 Å². The quantitative estimate of drug-likeness (QED) is 0.827. The second-order valence-electron chi connectivity index (χ2n) is 5.53. The maximum atomic E-state index is 14.0. The molecule has 2 rings (SSSR count). The van der Waals surface area contributed by atoms with Gasteiger partial charge in [0.15, 0.2) is 0 Å². The molecule has 0 radical (unpaired) electrons. The first kappa shape index (κ1) is 12.6. The van der Waals surface area contributed by atoms with Gasteiger partial charge in [0.2, 0.25) is 0 Å². The topological polar surface area (TPSA) is 12.0 Å². The number of aryl methyl sites for hydroxylation is 1. The highest BCUT2D eigenvalue weighted by Gasteiger charge is 2.30. The van der Waals surface area contributed by atoms with Gasteiger partial charge in [-0.3, -0.25) is 0 Å². The fourth-order valence-electron chi connectivity index (χ4n) is 2.92. The van der Waals surface area contributed by atoms with Crippen LogP contribution in [0.15, 0.2) is 18.2 Å². The first-order chi connectivity index (χ1) is 8.09. The highest BCUT2D eigenvalue weighted by molar-refractivity contribution is 5.28. The van der Waals surface area contributed by atoms with Gasteiger partial charge in [-0.15, -0.1) is 0 Å². The summed E-state index contributed by atoms with van der Waals surface area (Å²) in [5.41, 5.74) is 2.08. The summed E-state index contributed by atoms with van der Waals surface area (Å²) in [5, 5.41) is 3.43. The number of rotatable bonds is 2. The number of halogens is 1. The van der Waals surface area contributed by atoms with E-state index in [0.29, 0.717) is 17.8 Å². The summed E-state index contributed by atoms with van der Waals surface area (Å²) in [4.78, 5) is 0. The molecule has 0 amide bonds. The van der Waals surface area contributed by atoms with Crippen molar-refractivity contribution in [1.82, 2.24) is 5.32 Å².